The number of benzene rings is 2. The lowest BCUT2D eigenvalue weighted by molar-refractivity contribution is 0.749. The second-order valence-electron chi connectivity index (χ2n) is 4.57. The molecule has 2 nitrogen and oxygen atoms in total. The first-order chi connectivity index (χ1) is 9.61. The molecule has 0 heterocycles. The number of nitrogens with one attached hydrogen (secondary N) is 1. The van der Waals surface area contributed by atoms with Gasteiger partial charge in [-0.25, -0.2) is 0 Å². The van der Waals surface area contributed by atoms with Gasteiger partial charge in [0, 0.05) is 5.56 Å². The summed E-state index contributed by atoms with van der Waals surface area (Å²) in [6.45, 7) is 2.14. The molecule has 0 aliphatic carbocycles. The molecule has 0 aliphatic rings. The summed E-state index contributed by atoms with van der Waals surface area (Å²) < 4.78 is 0. The van der Waals surface area contributed by atoms with E-state index in [1.54, 1.807) is 6.07 Å². The number of nitrogens with two attached hydrogens (primary N) is 1. The molecule has 20 heavy (non-hydrogen) atoms. The number of hydrogen-bond acceptors (Lipinski definition) is 2. The molecule has 0 aliphatic heterocycles. The van der Waals surface area contributed by atoms with E-state index >= 15 is 0 Å². The lowest BCUT2D eigenvalue weighted by Gasteiger charge is -2.20. The first-order valence-electron chi connectivity index (χ1n) is 6.52. The van der Waals surface area contributed by atoms with E-state index in [1.807, 2.05) is 30.3 Å². The molecule has 0 aromatic heterocycles. The van der Waals surface area contributed by atoms with Gasteiger partial charge < -0.3 is 11.1 Å². The third kappa shape index (κ3) is 3.50. The van der Waals surface area contributed by atoms with E-state index in [0.29, 0.717) is 10.0 Å². The number of thiocarbonyl (C=S) groups is 1. The van der Waals surface area contributed by atoms with Crippen molar-refractivity contribution in [3.63, 3.8) is 0 Å². The van der Waals surface area contributed by atoms with Crippen molar-refractivity contribution in [2.45, 2.75) is 19.4 Å². The van der Waals surface area contributed by atoms with Gasteiger partial charge in [-0.2, -0.15) is 0 Å². The molecule has 0 amide bonds. The third-order valence-corrected chi connectivity index (χ3v) is 3.74. The maximum absolute atomic E-state index is 6.28. The second-order valence-corrected chi connectivity index (χ2v) is 5.42. The average Bonchev–Trinajstić information content (AvgIpc) is 2.46. The van der Waals surface area contributed by atoms with E-state index in [1.165, 1.54) is 5.56 Å². The predicted octanol–water partition coefficient (Wildman–Crippen LogP) is 4.54. The molecule has 0 spiro atoms. The molecule has 2 aromatic carbocycles. The first kappa shape index (κ1) is 14.8. The summed E-state index contributed by atoms with van der Waals surface area (Å²) in [5.74, 6) is 0. The van der Waals surface area contributed by atoms with Crippen molar-refractivity contribution in [2.24, 2.45) is 5.73 Å². The van der Waals surface area contributed by atoms with Crippen LogP contribution in [-0.2, 0) is 0 Å². The van der Waals surface area contributed by atoms with Crippen LogP contribution in [0.5, 0.6) is 0 Å². The summed E-state index contributed by atoms with van der Waals surface area (Å²) in [6, 6.07) is 16.1. The minimum atomic E-state index is 0.226. The van der Waals surface area contributed by atoms with Crippen LogP contribution < -0.4 is 11.1 Å². The highest BCUT2D eigenvalue weighted by Gasteiger charge is 2.11. The number of halogens is 1. The molecule has 1 atom stereocenters. The fraction of sp³-hybridized carbons (Fsp3) is 0.188. The SMILES string of the molecule is CCC(Nc1ccc(C(N)=S)cc1Cl)c1ccccc1. The maximum atomic E-state index is 6.28. The molecule has 4 heteroatoms. The molecule has 2 aromatic rings. The Morgan fingerprint density at radius 2 is 1.95 bits per heavy atom. The van der Waals surface area contributed by atoms with Gasteiger partial charge in [0.2, 0.25) is 0 Å². The molecule has 2 rings (SSSR count). The summed E-state index contributed by atoms with van der Waals surface area (Å²) in [4.78, 5) is 0.355. The van der Waals surface area contributed by atoms with Crippen molar-refractivity contribution in [1.29, 1.82) is 0 Å². The van der Waals surface area contributed by atoms with Crippen molar-refractivity contribution >= 4 is 34.5 Å². The molecule has 104 valence electrons. The Morgan fingerprint density at radius 3 is 2.50 bits per heavy atom. The van der Waals surface area contributed by atoms with E-state index in [0.717, 1.165) is 17.7 Å². The Kier molecular flexibility index (Phi) is 4.99. The van der Waals surface area contributed by atoms with Crippen LogP contribution in [0.1, 0.15) is 30.5 Å². The zero-order valence-corrected chi connectivity index (χ0v) is 12.8. The van der Waals surface area contributed by atoms with Gasteiger partial charge in [0.25, 0.3) is 0 Å². The Bertz CT molecular complexity index is 599. The molecule has 0 bridgehead atoms. The van der Waals surface area contributed by atoms with E-state index in [2.05, 4.69) is 24.4 Å². The Labute approximate surface area is 130 Å². The average molecular weight is 305 g/mol. The highest BCUT2D eigenvalue weighted by Crippen LogP contribution is 2.28. The topological polar surface area (TPSA) is 38.0 Å². The molecule has 1 unspecified atom stereocenters. The summed E-state index contributed by atoms with van der Waals surface area (Å²) in [5.41, 5.74) is 8.52. The first-order valence-corrected chi connectivity index (χ1v) is 7.31. The third-order valence-electron chi connectivity index (χ3n) is 3.19. The summed E-state index contributed by atoms with van der Waals surface area (Å²) in [7, 11) is 0. The molecular formula is C16H17ClN2S. The lowest BCUT2D eigenvalue weighted by atomic mass is 10.0. The van der Waals surface area contributed by atoms with Gasteiger partial charge in [0.1, 0.15) is 4.99 Å². The largest absolute Gasteiger partial charge is 0.389 e. The van der Waals surface area contributed by atoms with Crippen LogP contribution >= 0.6 is 23.8 Å². The fourth-order valence-electron chi connectivity index (χ4n) is 2.08. The van der Waals surface area contributed by atoms with Gasteiger partial charge in [0.15, 0.2) is 0 Å². The zero-order chi connectivity index (χ0) is 14.5. The second kappa shape index (κ2) is 6.73. The summed E-state index contributed by atoms with van der Waals surface area (Å²) in [6.07, 6.45) is 0.970. The van der Waals surface area contributed by atoms with Gasteiger partial charge in [-0.1, -0.05) is 61.1 Å². The molecule has 0 saturated carbocycles. The standard InChI is InChI=1S/C16H17ClN2S/c1-2-14(11-6-4-3-5-7-11)19-15-9-8-12(16(18)20)10-13(15)17/h3-10,14,19H,2H2,1H3,(H2,18,20). The van der Waals surface area contributed by atoms with E-state index < -0.39 is 0 Å². The van der Waals surface area contributed by atoms with Crippen molar-refractivity contribution in [3.8, 4) is 0 Å². The van der Waals surface area contributed by atoms with E-state index in [-0.39, 0.29) is 6.04 Å². The predicted molar refractivity (Wildman–Crippen MR) is 90.4 cm³/mol. The van der Waals surface area contributed by atoms with E-state index in [9.17, 15) is 0 Å². The molecule has 0 saturated heterocycles. The maximum Gasteiger partial charge on any atom is 0.104 e. The van der Waals surface area contributed by atoms with Crippen molar-refractivity contribution in [3.05, 3.63) is 64.7 Å². The van der Waals surface area contributed by atoms with Crippen LogP contribution in [0.15, 0.2) is 48.5 Å². The summed E-state index contributed by atoms with van der Waals surface area (Å²) in [5, 5.41) is 4.09. The van der Waals surface area contributed by atoms with Gasteiger partial charge in [0.05, 0.1) is 16.8 Å². The zero-order valence-electron chi connectivity index (χ0n) is 11.3. The minimum Gasteiger partial charge on any atom is -0.389 e. The normalized spacial score (nSPS) is 11.9. The lowest BCUT2D eigenvalue weighted by Crippen LogP contribution is -2.12. The van der Waals surface area contributed by atoms with E-state index in [4.69, 9.17) is 29.6 Å². The van der Waals surface area contributed by atoms with Crippen LogP contribution in [0.2, 0.25) is 5.02 Å². The quantitative estimate of drug-likeness (QED) is 0.797. The van der Waals surface area contributed by atoms with Crippen LogP contribution in [0, 0.1) is 0 Å². The molecule has 0 fully saturated rings. The van der Waals surface area contributed by atoms with Crippen molar-refractivity contribution in [1.82, 2.24) is 0 Å². The Hall–Kier alpha value is -1.58. The van der Waals surface area contributed by atoms with Gasteiger partial charge >= 0.3 is 0 Å². The number of hydrogen-bond donors (Lipinski definition) is 2. The van der Waals surface area contributed by atoms with Crippen LogP contribution in [0.3, 0.4) is 0 Å². The fourth-order valence-corrected chi connectivity index (χ4v) is 2.44. The minimum absolute atomic E-state index is 0.226. The molecule has 3 N–H and O–H groups in total. The number of rotatable bonds is 5. The van der Waals surface area contributed by atoms with Crippen LogP contribution in [0.4, 0.5) is 5.69 Å². The van der Waals surface area contributed by atoms with Crippen molar-refractivity contribution in [2.75, 3.05) is 5.32 Å². The Balaban J connectivity index is 2.22. The number of anilines is 1. The van der Waals surface area contributed by atoms with Crippen molar-refractivity contribution < 1.29 is 0 Å². The van der Waals surface area contributed by atoms with Gasteiger partial charge in [-0.3, -0.25) is 0 Å². The monoisotopic (exact) mass is 304 g/mol. The highest BCUT2D eigenvalue weighted by molar-refractivity contribution is 7.80. The smallest absolute Gasteiger partial charge is 0.104 e. The van der Waals surface area contributed by atoms with Gasteiger partial charge in [-0.15, -0.1) is 0 Å². The van der Waals surface area contributed by atoms with Crippen LogP contribution in [0.25, 0.3) is 0 Å². The molecular weight excluding hydrogens is 288 g/mol. The molecule has 0 radical (unpaired) electrons. The Morgan fingerprint density at radius 1 is 1.25 bits per heavy atom. The summed E-state index contributed by atoms with van der Waals surface area (Å²) >= 11 is 11.2. The highest BCUT2D eigenvalue weighted by atomic mass is 35.5. The van der Waals surface area contributed by atoms with Gasteiger partial charge in [-0.05, 0) is 30.2 Å². The van der Waals surface area contributed by atoms with Crippen LogP contribution in [-0.4, -0.2) is 4.99 Å².